The highest BCUT2D eigenvalue weighted by Gasteiger charge is 2.35. The number of halogens is 3. The maximum absolute atomic E-state index is 12.9. The lowest BCUT2D eigenvalue weighted by Gasteiger charge is -2.21. The number of hydrogen-bond acceptors (Lipinski definition) is 3. The number of alkyl halides is 3. The van der Waals surface area contributed by atoms with E-state index in [2.05, 4.69) is 10.3 Å². The third-order valence-electron chi connectivity index (χ3n) is 3.77. The van der Waals surface area contributed by atoms with Crippen molar-refractivity contribution < 1.29 is 13.2 Å². The quantitative estimate of drug-likeness (QED) is 0.835. The molecule has 1 aromatic carbocycles. The van der Waals surface area contributed by atoms with Crippen molar-refractivity contribution in [1.82, 2.24) is 5.32 Å². The summed E-state index contributed by atoms with van der Waals surface area (Å²) in [5, 5.41) is 2.99. The molecule has 2 aliphatic rings. The van der Waals surface area contributed by atoms with E-state index in [-0.39, 0.29) is 12.3 Å². The van der Waals surface area contributed by atoms with Crippen LogP contribution in [0.25, 0.3) is 0 Å². The number of aliphatic imine (C=N–C) groups is 1. The molecule has 0 saturated heterocycles. The second-order valence-corrected chi connectivity index (χ2v) is 5.61. The van der Waals surface area contributed by atoms with Gasteiger partial charge in [0, 0.05) is 22.4 Å². The maximum atomic E-state index is 12.9. The van der Waals surface area contributed by atoms with Crippen molar-refractivity contribution in [3.63, 3.8) is 0 Å². The van der Waals surface area contributed by atoms with Gasteiger partial charge in [-0.05, 0) is 18.4 Å². The Morgan fingerprint density at radius 3 is 2.73 bits per heavy atom. The van der Waals surface area contributed by atoms with E-state index in [1.165, 1.54) is 0 Å². The first-order valence-electron chi connectivity index (χ1n) is 7.04. The fraction of sp³-hybridized carbons (Fsp3) is 0.312. The molecule has 0 spiro atoms. The maximum Gasteiger partial charge on any atom is 0.412 e. The smallest absolute Gasteiger partial charge is 0.340 e. The number of fused-ring (bicyclic) bond motifs is 1. The predicted octanol–water partition coefficient (Wildman–Crippen LogP) is 3.41. The standard InChI is InChI=1S/C16H16F3N3/c1-9-6-10(16(17,18)19)8-11(7-9)21-15-13-5-3-2-4-12(13)14(20)22-15/h2-5,7-9,14H,6,20H2,1H3,(H,21,22). The van der Waals surface area contributed by atoms with Crippen molar-refractivity contribution in [2.45, 2.75) is 25.7 Å². The second-order valence-electron chi connectivity index (χ2n) is 5.61. The summed E-state index contributed by atoms with van der Waals surface area (Å²) in [7, 11) is 0. The Hall–Kier alpha value is -2.08. The first-order valence-corrected chi connectivity index (χ1v) is 7.04. The summed E-state index contributed by atoms with van der Waals surface area (Å²) in [6.07, 6.45) is -1.86. The van der Waals surface area contributed by atoms with Crippen LogP contribution in [0.5, 0.6) is 0 Å². The lowest BCUT2D eigenvalue weighted by atomic mass is 9.93. The van der Waals surface area contributed by atoms with Crippen molar-refractivity contribution in [3.8, 4) is 0 Å². The summed E-state index contributed by atoms with van der Waals surface area (Å²) in [5.41, 5.74) is 7.51. The van der Waals surface area contributed by atoms with Gasteiger partial charge in [-0.2, -0.15) is 13.2 Å². The van der Waals surface area contributed by atoms with Crippen molar-refractivity contribution in [1.29, 1.82) is 0 Å². The van der Waals surface area contributed by atoms with Crippen LogP contribution in [0.1, 0.15) is 30.6 Å². The van der Waals surface area contributed by atoms with Crippen LogP contribution in [0, 0.1) is 5.92 Å². The Bertz CT molecular complexity index is 686. The number of amidine groups is 1. The number of nitrogens with zero attached hydrogens (tertiary/aromatic N) is 1. The first kappa shape index (κ1) is 14.8. The Balaban J connectivity index is 1.88. The molecule has 2 unspecified atom stereocenters. The van der Waals surface area contributed by atoms with E-state index in [9.17, 15) is 13.2 Å². The van der Waals surface area contributed by atoms with Crippen LogP contribution < -0.4 is 11.1 Å². The lowest BCUT2D eigenvalue weighted by molar-refractivity contribution is -0.0950. The van der Waals surface area contributed by atoms with Gasteiger partial charge in [0.1, 0.15) is 12.0 Å². The van der Waals surface area contributed by atoms with Gasteiger partial charge < -0.3 is 11.1 Å². The van der Waals surface area contributed by atoms with Gasteiger partial charge in [-0.25, -0.2) is 4.99 Å². The minimum Gasteiger partial charge on any atom is -0.340 e. The van der Waals surface area contributed by atoms with Gasteiger partial charge in [-0.15, -0.1) is 0 Å². The van der Waals surface area contributed by atoms with E-state index in [0.717, 1.165) is 17.2 Å². The molecule has 22 heavy (non-hydrogen) atoms. The molecule has 3 N–H and O–H groups in total. The average molecular weight is 307 g/mol. The summed E-state index contributed by atoms with van der Waals surface area (Å²) in [6, 6.07) is 7.44. The molecule has 1 heterocycles. The Kier molecular flexibility index (Phi) is 3.56. The number of allylic oxidation sites excluding steroid dienone is 3. The largest absolute Gasteiger partial charge is 0.412 e. The zero-order valence-corrected chi connectivity index (χ0v) is 12.0. The van der Waals surface area contributed by atoms with Crippen LogP contribution in [-0.4, -0.2) is 12.0 Å². The molecule has 0 amide bonds. The summed E-state index contributed by atoms with van der Waals surface area (Å²) in [6.45, 7) is 1.76. The molecule has 6 heteroatoms. The third-order valence-corrected chi connectivity index (χ3v) is 3.77. The normalized spacial score (nSPS) is 24.3. The van der Waals surface area contributed by atoms with E-state index in [1.807, 2.05) is 24.3 Å². The van der Waals surface area contributed by atoms with Gasteiger partial charge >= 0.3 is 6.18 Å². The van der Waals surface area contributed by atoms with Crippen molar-refractivity contribution in [2.75, 3.05) is 0 Å². The van der Waals surface area contributed by atoms with E-state index >= 15 is 0 Å². The zero-order valence-electron chi connectivity index (χ0n) is 12.0. The monoisotopic (exact) mass is 307 g/mol. The van der Waals surface area contributed by atoms with Crippen LogP contribution in [-0.2, 0) is 0 Å². The fourth-order valence-corrected chi connectivity index (χ4v) is 2.77. The average Bonchev–Trinajstić information content (AvgIpc) is 2.74. The first-order chi connectivity index (χ1) is 10.3. The molecule has 0 saturated carbocycles. The van der Waals surface area contributed by atoms with Gasteiger partial charge in [0.15, 0.2) is 0 Å². The molecule has 0 radical (unpaired) electrons. The predicted molar refractivity (Wildman–Crippen MR) is 79.0 cm³/mol. The molecule has 3 rings (SSSR count). The molecule has 1 aliphatic heterocycles. The van der Waals surface area contributed by atoms with Crippen LogP contribution in [0.15, 0.2) is 52.7 Å². The molecule has 0 aromatic heterocycles. The Morgan fingerprint density at radius 1 is 1.27 bits per heavy atom. The summed E-state index contributed by atoms with van der Waals surface area (Å²) in [4.78, 5) is 4.29. The van der Waals surface area contributed by atoms with Crippen LogP contribution in [0.3, 0.4) is 0 Å². The molecule has 2 atom stereocenters. The number of benzene rings is 1. The lowest BCUT2D eigenvalue weighted by Crippen LogP contribution is -2.26. The molecule has 0 fully saturated rings. The van der Waals surface area contributed by atoms with Crippen LogP contribution in [0.2, 0.25) is 0 Å². The van der Waals surface area contributed by atoms with E-state index in [1.54, 1.807) is 13.0 Å². The highest BCUT2D eigenvalue weighted by Crippen LogP contribution is 2.35. The molecular formula is C16H16F3N3. The summed E-state index contributed by atoms with van der Waals surface area (Å²) < 4.78 is 38.8. The van der Waals surface area contributed by atoms with E-state index in [0.29, 0.717) is 11.5 Å². The number of rotatable bonds is 1. The molecule has 116 valence electrons. The number of hydrogen-bond donors (Lipinski definition) is 2. The summed E-state index contributed by atoms with van der Waals surface area (Å²) >= 11 is 0. The zero-order chi connectivity index (χ0) is 15.9. The highest BCUT2D eigenvalue weighted by atomic mass is 19.4. The van der Waals surface area contributed by atoms with Gasteiger partial charge in [0.25, 0.3) is 0 Å². The SMILES string of the molecule is CC1C=C(NC2=NC(N)c3ccccc32)C=C(C(F)(F)F)C1. The fourth-order valence-electron chi connectivity index (χ4n) is 2.77. The van der Waals surface area contributed by atoms with Gasteiger partial charge in [0.2, 0.25) is 0 Å². The second kappa shape index (κ2) is 5.28. The minimum absolute atomic E-state index is 0.00272. The minimum atomic E-state index is -4.30. The van der Waals surface area contributed by atoms with Crippen molar-refractivity contribution in [2.24, 2.45) is 16.6 Å². The van der Waals surface area contributed by atoms with Crippen LogP contribution >= 0.6 is 0 Å². The van der Waals surface area contributed by atoms with Crippen LogP contribution in [0.4, 0.5) is 13.2 Å². The highest BCUT2D eigenvalue weighted by molar-refractivity contribution is 6.03. The van der Waals surface area contributed by atoms with Crippen molar-refractivity contribution >= 4 is 5.84 Å². The molecule has 3 nitrogen and oxygen atoms in total. The Morgan fingerprint density at radius 2 is 2.00 bits per heavy atom. The third kappa shape index (κ3) is 2.78. The topological polar surface area (TPSA) is 50.4 Å². The van der Waals surface area contributed by atoms with Crippen molar-refractivity contribution in [3.05, 3.63) is 58.8 Å². The van der Waals surface area contributed by atoms with E-state index in [4.69, 9.17) is 5.73 Å². The number of nitrogens with one attached hydrogen (secondary N) is 1. The van der Waals surface area contributed by atoms with Gasteiger partial charge in [0.05, 0.1) is 0 Å². The molecule has 0 bridgehead atoms. The Labute approximate surface area is 126 Å². The summed E-state index contributed by atoms with van der Waals surface area (Å²) in [5.74, 6) is 0.330. The molecule has 1 aliphatic carbocycles. The number of nitrogens with two attached hydrogens (primary N) is 1. The van der Waals surface area contributed by atoms with Gasteiger partial charge in [-0.1, -0.05) is 37.3 Å². The molecular weight excluding hydrogens is 291 g/mol. The van der Waals surface area contributed by atoms with Gasteiger partial charge in [-0.3, -0.25) is 0 Å². The molecule has 1 aromatic rings. The van der Waals surface area contributed by atoms with E-state index < -0.39 is 17.9 Å².